The number of hydrogen-bond acceptors (Lipinski definition) is 4. The summed E-state index contributed by atoms with van der Waals surface area (Å²) in [6, 6.07) is 9.06. The van der Waals surface area contributed by atoms with Crippen LogP contribution in [0.2, 0.25) is 0 Å². The lowest BCUT2D eigenvalue weighted by molar-refractivity contribution is 0.0533. The van der Waals surface area contributed by atoms with Crippen molar-refractivity contribution in [3.63, 3.8) is 0 Å². The second kappa shape index (κ2) is 9.10. The van der Waals surface area contributed by atoms with Crippen LogP contribution in [0.4, 0.5) is 0 Å². The average Bonchev–Trinajstić information content (AvgIpc) is 2.60. The van der Waals surface area contributed by atoms with Crippen LogP contribution in [0.5, 0.6) is 0 Å². The lowest BCUT2D eigenvalue weighted by Crippen LogP contribution is -2.18. The van der Waals surface area contributed by atoms with E-state index in [0.29, 0.717) is 18.1 Å². The molecular weight excluding hydrogens is 308 g/mol. The number of thiocarbonyl (C=S) groups is 1. The molecule has 0 aliphatic heterocycles. The van der Waals surface area contributed by atoms with E-state index in [1.807, 2.05) is 18.2 Å². The van der Waals surface area contributed by atoms with E-state index < -0.39 is 0 Å². The number of esters is 1. The van der Waals surface area contributed by atoms with E-state index in [1.165, 1.54) is 11.1 Å². The summed E-state index contributed by atoms with van der Waals surface area (Å²) in [4.78, 5) is 12.0. The Morgan fingerprint density at radius 1 is 1.39 bits per heavy atom. The summed E-state index contributed by atoms with van der Waals surface area (Å²) >= 11 is 4.80. The summed E-state index contributed by atoms with van der Waals surface area (Å²) in [6.45, 7) is 0.354. The summed E-state index contributed by atoms with van der Waals surface area (Å²) in [5.74, 6) is 0.209. The molecule has 0 spiro atoms. The fraction of sp³-hybridized carbons (Fsp3) is 0.333. The monoisotopic (exact) mass is 330 g/mol. The standard InChI is InChI=1S/C18H22N2O2S/c19-11-17(20-13-23)10-14-5-4-6-15(9-14)12-22-18(21)16-7-2-1-3-8-16/h1-3,6-8,11,13-14H,4-5,9-10,12,19H2,(H,20,23)/b17-11-/t14-/m1/s1. The molecule has 23 heavy (non-hydrogen) atoms. The lowest BCUT2D eigenvalue weighted by Gasteiger charge is -2.23. The van der Waals surface area contributed by atoms with Gasteiger partial charge in [-0.3, -0.25) is 0 Å². The molecule has 0 saturated carbocycles. The average molecular weight is 330 g/mol. The zero-order chi connectivity index (χ0) is 16.5. The van der Waals surface area contributed by atoms with Crippen molar-refractivity contribution in [1.29, 1.82) is 0 Å². The molecule has 0 aromatic heterocycles. The minimum atomic E-state index is -0.279. The van der Waals surface area contributed by atoms with E-state index in [1.54, 1.807) is 18.3 Å². The molecule has 1 aliphatic rings. The highest BCUT2D eigenvalue weighted by molar-refractivity contribution is 7.78. The van der Waals surface area contributed by atoms with Gasteiger partial charge in [-0.2, -0.15) is 0 Å². The normalized spacial score (nSPS) is 18.0. The van der Waals surface area contributed by atoms with E-state index in [-0.39, 0.29) is 5.97 Å². The first-order valence-corrected chi connectivity index (χ1v) is 8.21. The number of hydrogen-bond donors (Lipinski definition) is 2. The van der Waals surface area contributed by atoms with Gasteiger partial charge in [0.25, 0.3) is 0 Å². The van der Waals surface area contributed by atoms with Crippen molar-refractivity contribution < 1.29 is 9.53 Å². The predicted octanol–water partition coefficient (Wildman–Crippen LogP) is 3.31. The predicted molar refractivity (Wildman–Crippen MR) is 95.8 cm³/mol. The maximum absolute atomic E-state index is 12.0. The van der Waals surface area contributed by atoms with Crippen LogP contribution in [0.25, 0.3) is 0 Å². The van der Waals surface area contributed by atoms with Crippen molar-refractivity contribution in [1.82, 2.24) is 5.32 Å². The Balaban J connectivity index is 1.83. The first-order chi connectivity index (χ1) is 11.2. The summed E-state index contributed by atoms with van der Waals surface area (Å²) in [5, 5.41) is 2.99. The minimum absolute atomic E-state index is 0.279. The third kappa shape index (κ3) is 5.53. The molecule has 1 aromatic carbocycles. The van der Waals surface area contributed by atoms with E-state index in [9.17, 15) is 4.79 Å². The van der Waals surface area contributed by atoms with Gasteiger partial charge in [-0.25, -0.2) is 4.79 Å². The van der Waals surface area contributed by atoms with Gasteiger partial charge in [-0.05, 0) is 49.3 Å². The van der Waals surface area contributed by atoms with Crippen LogP contribution in [-0.4, -0.2) is 18.1 Å². The maximum Gasteiger partial charge on any atom is 0.338 e. The van der Waals surface area contributed by atoms with Crippen molar-refractivity contribution in [2.45, 2.75) is 25.7 Å². The number of rotatable bonds is 7. The Kier molecular flexibility index (Phi) is 6.81. The molecule has 4 nitrogen and oxygen atoms in total. The Labute approximate surface area is 142 Å². The zero-order valence-corrected chi connectivity index (χ0v) is 13.9. The van der Waals surface area contributed by atoms with Crippen molar-refractivity contribution in [2.24, 2.45) is 11.7 Å². The molecule has 0 heterocycles. The molecule has 1 aromatic rings. The van der Waals surface area contributed by atoms with E-state index in [0.717, 1.165) is 31.4 Å². The second-order valence-corrected chi connectivity index (χ2v) is 5.85. The topological polar surface area (TPSA) is 64.3 Å². The van der Waals surface area contributed by atoms with Gasteiger partial charge in [0, 0.05) is 11.9 Å². The van der Waals surface area contributed by atoms with E-state index in [2.05, 4.69) is 11.4 Å². The Bertz CT molecular complexity index is 596. The molecule has 0 unspecified atom stereocenters. The SMILES string of the molecule is N/C=C(/C[C@@H]1CCC=C(COC(=O)c2ccccc2)C1)NC=S. The number of ether oxygens (including phenoxy) is 1. The molecule has 0 saturated heterocycles. The molecular formula is C18H22N2O2S. The Morgan fingerprint density at radius 3 is 2.87 bits per heavy atom. The highest BCUT2D eigenvalue weighted by atomic mass is 32.1. The van der Waals surface area contributed by atoms with Gasteiger partial charge in [0.2, 0.25) is 0 Å². The minimum Gasteiger partial charge on any atom is -0.458 e. The van der Waals surface area contributed by atoms with E-state index in [4.69, 9.17) is 22.7 Å². The van der Waals surface area contributed by atoms with Crippen molar-refractivity contribution >= 4 is 23.7 Å². The highest BCUT2D eigenvalue weighted by Gasteiger charge is 2.18. The Hall–Kier alpha value is -2.14. The fourth-order valence-corrected chi connectivity index (χ4v) is 2.90. The molecule has 5 heteroatoms. The quantitative estimate of drug-likeness (QED) is 0.456. The second-order valence-electron chi connectivity index (χ2n) is 5.61. The fourth-order valence-electron chi connectivity index (χ4n) is 2.75. The first kappa shape index (κ1) is 17.2. The number of nitrogens with one attached hydrogen (secondary N) is 1. The van der Waals surface area contributed by atoms with Crippen LogP contribution in [0.15, 0.2) is 53.9 Å². The van der Waals surface area contributed by atoms with Gasteiger partial charge in [0.05, 0.1) is 11.1 Å². The van der Waals surface area contributed by atoms with Gasteiger partial charge >= 0.3 is 5.97 Å². The molecule has 0 bridgehead atoms. The third-order valence-electron chi connectivity index (χ3n) is 3.91. The molecule has 2 rings (SSSR count). The summed E-state index contributed by atoms with van der Waals surface area (Å²) < 4.78 is 5.41. The van der Waals surface area contributed by atoms with Crippen LogP contribution in [0, 0.1) is 5.92 Å². The van der Waals surface area contributed by atoms with Crippen LogP contribution in [0.3, 0.4) is 0 Å². The zero-order valence-electron chi connectivity index (χ0n) is 13.0. The number of allylic oxidation sites excluding steroid dienone is 2. The van der Waals surface area contributed by atoms with Gasteiger partial charge < -0.3 is 15.8 Å². The van der Waals surface area contributed by atoms with Gasteiger partial charge in [0.1, 0.15) is 6.61 Å². The molecule has 0 radical (unpaired) electrons. The Morgan fingerprint density at radius 2 is 2.17 bits per heavy atom. The van der Waals surface area contributed by atoms with E-state index >= 15 is 0 Å². The maximum atomic E-state index is 12.0. The molecule has 1 aliphatic carbocycles. The van der Waals surface area contributed by atoms with Gasteiger partial charge in [-0.1, -0.05) is 36.5 Å². The highest BCUT2D eigenvalue weighted by Crippen LogP contribution is 2.28. The number of benzene rings is 1. The van der Waals surface area contributed by atoms with Crippen LogP contribution in [0.1, 0.15) is 36.0 Å². The van der Waals surface area contributed by atoms with Crippen LogP contribution >= 0.6 is 12.2 Å². The number of nitrogens with two attached hydrogens (primary N) is 1. The third-order valence-corrected chi connectivity index (χ3v) is 4.03. The molecule has 0 fully saturated rings. The molecule has 122 valence electrons. The summed E-state index contributed by atoms with van der Waals surface area (Å²) in [5.41, 5.74) is 9.76. The van der Waals surface area contributed by atoms with Gasteiger partial charge in [0.15, 0.2) is 0 Å². The molecule has 1 atom stereocenters. The largest absolute Gasteiger partial charge is 0.458 e. The van der Waals surface area contributed by atoms with Gasteiger partial charge in [-0.15, -0.1) is 0 Å². The van der Waals surface area contributed by atoms with Crippen LogP contribution in [-0.2, 0) is 4.74 Å². The van der Waals surface area contributed by atoms with Crippen molar-refractivity contribution in [2.75, 3.05) is 6.61 Å². The number of carbonyl (C=O) groups excluding carboxylic acids is 1. The number of carbonyl (C=O) groups is 1. The van der Waals surface area contributed by atoms with Crippen molar-refractivity contribution in [3.8, 4) is 0 Å². The summed E-state index contributed by atoms with van der Waals surface area (Å²) in [6.07, 6.45) is 7.61. The van der Waals surface area contributed by atoms with Crippen LogP contribution < -0.4 is 11.1 Å². The lowest BCUT2D eigenvalue weighted by atomic mass is 9.86. The smallest absolute Gasteiger partial charge is 0.338 e. The molecule has 0 amide bonds. The van der Waals surface area contributed by atoms with Crippen molar-refractivity contribution in [3.05, 3.63) is 59.4 Å². The summed E-state index contributed by atoms with van der Waals surface area (Å²) in [7, 11) is 0. The molecule has 3 N–H and O–H groups in total. The first-order valence-electron chi connectivity index (χ1n) is 7.74.